The van der Waals surface area contributed by atoms with Crippen molar-refractivity contribution < 1.29 is 18.7 Å². The fourth-order valence-electron chi connectivity index (χ4n) is 4.37. The zero-order valence-corrected chi connectivity index (χ0v) is 22.8. The van der Waals surface area contributed by atoms with E-state index in [1.54, 1.807) is 19.1 Å². The highest BCUT2D eigenvalue weighted by Crippen LogP contribution is 2.43. The van der Waals surface area contributed by atoms with E-state index in [1.165, 1.54) is 23.6 Å². The van der Waals surface area contributed by atoms with Crippen LogP contribution in [0, 0.1) is 11.3 Å². The summed E-state index contributed by atoms with van der Waals surface area (Å²) < 4.78 is 11.1. The van der Waals surface area contributed by atoms with Crippen LogP contribution < -0.4 is 10.6 Å². The number of carbonyl (C=O) groups is 2. The number of allylic oxidation sites excluding steroid dienone is 1. The largest absolute Gasteiger partial charge is 0.468 e. The predicted octanol–water partition coefficient (Wildman–Crippen LogP) is 6.39. The van der Waals surface area contributed by atoms with Gasteiger partial charge in [0.2, 0.25) is 5.91 Å². The van der Waals surface area contributed by atoms with E-state index in [-0.39, 0.29) is 29.4 Å². The van der Waals surface area contributed by atoms with Gasteiger partial charge in [-0.15, -0.1) is 0 Å². The summed E-state index contributed by atoms with van der Waals surface area (Å²) in [4.78, 5) is 26.1. The third-order valence-corrected chi connectivity index (χ3v) is 7.26. The van der Waals surface area contributed by atoms with E-state index in [2.05, 4.69) is 23.6 Å². The molecule has 2 N–H and O–H groups in total. The summed E-state index contributed by atoms with van der Waals surface area (Å²) in [5, 5.41) is 16.9. The Morgan fingerprint density at radius 3 is 2.49 bits per heavy atom. The maximum absolute atomic E-state index is 13.2. The number of hydrogen-bond donors (Lipinski definition) is 2. The smallest absolute Gasteiger partial charge is 0.337 e. The summed E-state index contributed by atoms with van der Waals surface area (Å²) in [7, 11) is 0. The van der Waals surface area contributed by atoms with Gasteiger partial charge in [0.25, 0.3) is 0 Å². The first-order valence-electron chi connectivity index (χ1n) is 13.0. The molecule has 7 nitrogen and oxygen atoms in total. The maximum atomic E-state index is 13.2. The number of nitriles is 1. The van der Waals surface area contributed by atoms with Crippen molar-refractivity contribution in [2.75, 3.05) is 17.7 Å². The molecule has 1 atom stereocenters. The Morgan fingerprint density at radius 1 is 1.08 bits per heavy atom. The van der Waals surface area contributed by atoms with Crippen LogP contribution in [0.1, 0.15) is 49.5 Å². The number of unbranched alkanes of at least 4 members (excludes halogenated alkanes) is 1. The molecule has 3 aromatic rings. The number of carbonyl (C=O) groups excluding carboxylic acids is 2. The molecule has 0 aliphatic carbocycles. The normalized spacial score (nSPS) is 14.9. The number of hydrogen-bond acceptors (Lipinski definition) is 7. The van der Waals surface area contributed by atoms with Crippen LogP contribution in [0.3, 0.4) is 0 Å². The topological polar surface area (TPSA) is 104 Å². The van der Waals surface area contributed by atoms with E-state index >= 15 is 0 Å². The van der Waals surface area contributed by atoms with Crippen LogP contribution >= 0.6 is 11.8 Å². The van der Waals surface area contributed by atoms with E-state index in [1.807, 2.05) is 54.6 Å². The summed E-state index contributed by atoms with van der Waals surface area (Å²) in [6.45, 7) is 4.08. The lowest BCUT2D eigenvalue weighted by atomic mass is 9.84. The summed E-state index contributed by atoms with van der Waals surface area (Å²) >= 11 is 1.20. The number of dihydropyridines is 1. The molecule has 0 saturated carbocycles. The molecular weight excluding hydrogens is 510 g/mol. The zero-order valence-electron chi connectivity index (χ0n) is 22.0. The maximum Gasteiger partial charge on any atom is 0.337 e. The number of nitrogens with zero attached hydrogens (tertiary/aromatic N) is 1. The molecular formula is C31H31N3O4S. The number of furan rings is 1. The van der Waals surface area contributed by atoms with E-state index in [0.29, 0.717) is 16.5 Å². The van der Waals surface area contributed by atoms with Crippen molar-refractivity contribution in [3.8, 4) is 6.07 Å². The first-order chi connectivity index (χ1) is 19.0. The SMILES string of the molecule is CCCCc1ccc(NC(=O)CSC2=C(C#N)C(c3ccco3)C(C(=O)OCC)=C(c3ccccc3)N2)cc1. The third-order valence-electron chi connectivity index (χ3n) is 6.24. The standard InChI is InChI=1S/C31H31N3O4S/c1-3-5-10-21-14-16-23(17-15-21)33-26(35)20-39-30-24(19-32)27(25-13-9-18-38-25)28(31(36)37-4-2)29(34-30)22-11-7-6-8-12-22/h6-9,11-18,27,34H,3-5,10,20H2,1-2H3,(H,33,35). The lowest BCUT2D eigenvalue weighted by Gasteiger charge is -2.29. The molecule has 4 rings (SSSR count). The van der Waals surface area contributed by atoms with Gasteiger partial charge in [-0.1, -0.05) is 67.6 Å². The van der Waals surface area contributed by atoms with Crippen molar-refractivity contribution in [3.05, 3.63) is 106 Å². The molecule has 1 unspecified atom stereocenters. The molecule has 39 heavy (non-hydrogen) atoms. The second-order valence-corrected chi connectivity index (χ2v) is 9.93. The molecule has 1 aliphatic heterocycles. The number of amides is 1. The van der Waals surface area contributed by atoms with Crippen molar-refractivity contribution in [1.82, 2.24) is 5.32 Å². The highest BCUT2D eigenvalue weighted by atomic mass is 32.2. The fraction of sp³-hybridized carbons (Fsp3) is 0.258. The second kappa shape index (κ2) is 13.5. The van der Waals surface area contributed by atoms with Crippen LogP contribution in [0.4, 0.5) is 5.69 Å². The number of aryl methyl sites for hydroxylation is 1. The molecule has 0 saturated heterocycles. The van der Waals surface area contributed by atoms with Crippen LogP contribution in [0.15, 0.2) is 93.6 Å². The molecule has 0 spiro atoms. The Balaban J connectivity index is 1.61. The van der Waals surface area contributed by atoms with Crippen molar-refractivity contribution in [1.29, 1.82) is 5.26 Å². The third kappa shape index (κ3) is 6.81. The van der Waals surface area contributed by atoms with Crippen LogP contribution in [0.2, 0.25) is 0 Å². The van der Waals surface area contributed by atoms with Crippen LogP contribution in [-0.2, 0) is 20.7 Å². The number of thioether (sulfide) groups is 1. The molecule has 0 fully saturated rings. The summed E-state index contributed by atoms with van der Waals surface area (Å²) in [6, 6.07) is 22.9. The highest BCUT2D eigenvalue weighted by molar-refractivity contribution is 8.03. The summed E-state index contributed by atoms with van der Waals surface area (Å²) in [6.07, 6.45) is 4.78. The number of benzene rings is 2. The average Bonchev–Trinajstić information content (AvgIpc) is 3.50. The molecule has 1 amide bonds. The first-order valence-corrected chi connectivity index (χ1v) is 14.0. The summed E-state index contributed by atoms with van der Waals surface area (Å²) in [5.41, 5.74) is 3.79. The minimum Gasteiger partial charge on any atom is -0.468 e. The highest BCUT2D eigenvalue weighted by Gasteiger charge is 2.38. The van der Waals surface area contributed by atoms with Crippen LogP contribution in [0.25, 0.3) is 5.70 Å². The molecule has 0 radical (unpaired) electrons. The quantitative estimate of drug-likeness (QED) is 0.271. The van der Waals surface area contributed by atoms with Gasteiger partial charge in [0, 0.05) is 5.69 Å². The Labute approximate surface area is 232 Å². The van der Waals surface area contributed by atoms with Gasteiger partial charge in [0.15, 0.2) is 0 Å². The van der Waals surface area contributed by atoms with Gasteiger partial charge in [0.05, 0.1) is 52.5 Å². The second-order valence-electron chi connectivity index (χ2n) is 8.94. The van der Waals surface area contributed by atoms with Gasteiger partial charge in [-0.25, -0.2) is 4.79 Å². The molecule has 8 heteroatoms. The number of esters is 1. The van der Waals surface area contributed by atoms with Gasteiger partial charge in [0.1, 0.15) is 5.76 Å². The van der Waals surface area contributed by atoms with Gasteiger partial charge in [-0.3, -0.25) is 4.79 Å². The monoisotopic (exact) mass is 541 g/mol. The van der Waals surface area contributed by atoms with E-state index in [0.717, 1.165) is 30.5 Å². The molecule has 1 aromatic heterocycles. The minimum absolute atomic E-state index is 0.0623. The van der Waals surface area contributed by atoms with Crippen LogP contribution in [-0.4, -0.2) is 24.2 Å². The molecule has 2 heterocycles. The van der Waals surface area contributed by atoms with Gasteiger partial charge in [-0.2, -0.15) is 5.26 Å². The van der Waals surface area contributed by atoms with E-state index in [9.17, 15) is 14.9 Å². The van der Waals surface area contributed by atoms with Crippen molar-refractivity contribution >= 4 is 35.0 Å². The van der Waals surface area contributed by atoms with E-state index < -0.39 is 11.9 Å². The molecule has 2 aromatic carbocycles. The number of rotatable bonds is 11. The van der Waals surface area contributed by atoms with Crippen LogP contribution in [0.5, 0.6) is 0 Å². The Morgan fingerprint density at radius 2 is 1.85 bits per heavy atom. The predicted molar refractivity (Wildman–Crippen MR) is 153 cm³/mol. The average molecular weight is 542 g/mol. The zero-order chi connectivity index (χ0) is 27.6. The minimum atomic E-state index is -0.790. The van der Waals surface area contributed by atoms with Gasteiger partial charge >= 0.3 is 5.97 Å². The van der Waals surface area contributed by atoms with Crippen molar-refractivity contribution in [2.45, 2.75) is 39.0 Å². The Kier molecular flexibility index (Phi) is 9.65. The first kappa shape index (κ1) is 27.8. The number of ether oxygens (including phenoxy) is 1. The Bertz CT molecular complexity index is 1390. The van der Waals surface area contributed by atoms with Gasteiger partial charge < -0.3 is 19.8 Å². The number of nitrogens with one attached hydrogen (secondary N) is 2. The van der Waals surface area contributed by atoms with Crippen molar-refractivity contribution in [3.63, 3.8) is 0 Å². The fourth-order valence-corrected chi connectivity index (χ4v) is 5.21. The summed E-state index contributed by atoms with van der Waals surface area (Å²) in [5.74, 6) is -1.03. The molecule has 200 valence electrons. The van der Waals surface area contributed by atoms with E-state index in [4.69, 9.17) is 9.15 Å². The molecule has 0 bridgehead atoms. The van der Waals surface area contributed by atoms with Gasteiger partial charge in [-0.05, 0) is 55.2 Å². The number of anilines is 1. The lowest BCUT2D eigenvalue weighted by Crippen LogP contribution is -2.29. The van der Waals surface area contributed by atoms with Crippen molar-refractivity contribution in [2.24, 2.45) is 0 Å². The lowest BCUT2D eigenvalue weighted by molar-refractivity contribution is -0.138. The molecule has 1 aliphatic rings. The Hall–Kier alpha value is -4.22.